The van der Waals surface area contributed by atoms with E-state index in [4.69, 9.17) is 5.73 Å². The molecule has 1 aromatic heterocycles. The van der Waals surface area contributed by atoms with Gasteiger partial charge in [-0.1, -0.05) is 18.6 Å². The Hall–Kier alpha value is -2.74. The van der Waals surface area contributed by atoms with Gasteiger partial charge >= 0.3 is 5.69 Å². The van der Waals surface area contributed by atoms with Gasteiger partial charge in [0.15, 0.2) is 5.78 Å². The Morgan fingerprint density at radius 2 is 1.72 bits per heavy atom. The number of benzene rings is 1. The van der Waals surface area contributed by atoms with Crippen molar-refractivity contribution < 1.29 is 9.18 Å². The van der Waals surface area contributed by atoms with Crippen molar-refractivity contribution in [3.8, 4) is 0 Å². The topological polar surface area (TPSA) is 90.3 Å². The van der Waals surface area contributed by atoms with Crippen LogP contribution < -0.4 is 17.0 Å². The average Bonchev–Trinajstić information content (AvgIpc) is 2.67. The van der Waals surface area contributed by atoms with Crippen LogP contribution in [-0.2, 0) is 6.54 Å². The monoisotopic (exact) mass is 402 g/mol. The fourth-order valence-corrected chi connectivity index (χ4v) is 3.73. The van der Waals surface area contributed by atoms with Crippen molar-refractivity contribution >= 4 is 11.6 Å². The van der Waals surface area contributed by atoms with Gasteiger partial charge in [-0.05, 0) is 57.5 Å². The molecule has 1 aromatic carbocycles. The van der Waals surface area contributed by atoms with Crippen LogP contribution in [-0.4, -0.2) is 39.5 Å². The number of nitrogens with two attached hydrogens (primary N) is 1. The largest absolute Gasteiger partial charge is 0.384 e. The van der Waals surface area contributed by atoms with Crippen LogP contribution in [0.5, 0.6) is 0 Å². The van der Waals surface area contributed by atoms with Crippen LogP contribution in [0.15, 0.2) is 33.9 Å². The number of carbonyl (C=O) groups is 1. The van der Waals surface area contributed by atoms with Crippen LogP contribution in [0.3, 0.4) is 0 Å². The van der Waals surface area contributed by atoms with Crippen molar-refractivity contribution in [2.24, 2.45) is 0 Å². The van der Waals surface area contributed by atoms with Gasteiger partial charge in [0, 0.05) is 6.04 Å². The van der Waals surface area contributed by atoms with Crippen molar-refractivity contribution in [3.63, 3.8) is 0 Å². The van der Waals surface area contributed by atoms with Crippen LogP contribution in [0.25, 0.3) is 0 Å². The summed E-state index contributed by atoms with van der Waals surface area (Å²) in [6.07, 6.45) is 3.17. The molecule has 0 atom stereocenters. The highest BCUT2D eigenvalue weighted by molar-refractivity contribution is 6.01. The van der Waals surface area contributed by atoms with E-state index in [-0.39, 0.29) is 30.3 Å². The Labute approximate surface area is 168 Å². The average molecular weight is 402 g/mol. The summed E-state index contributed by atoms with van der Waals surface area (Å²) in [6, 6.07) is 5.23. The van der Waals surface area contributed by atoms with E-state index in [0.717, 1.165) is 36.9 Å². The van der Waals surface area contributed by atoms with Crippen LogP contribution in [0.2, 0.25) is 0 Å². The molecule has 156 valence electrons. The number of piperidine rings is 1. The lowest BCUT2D eigenvalue weighted by molar-refractivity contribution is 0.0913. The third-order valence-electron chi connectivity index (χ3n) is 5.28. The third-order valence-corrected chi connectivity index (χ3v) is 5.28. The number of Topliss-reactive ketones (excluding diaryl/α,β-unsaturated/α-hetero) is 1. The molecule has 2 aromatic rings. The second-order valence-corrected chi connectivity index (χ2v) is 7.78. The maximum atomic E-state index is 13.2. The Bertz CT molecular complexity index is 1000. The van der Waals surface area contributed by atoms with Crippen molar-refractivity contribution in [2.45, 2.75) is 45.7 Å². The number of anilines is 1. The molecule has 0 saturated carbocycles. The van der Waals surface area contributed by atoms with Gasteiger partial charge in [-0.2, -0.15) is 0 Å². The molecule has 0 amide bonds. The number of likely N-dealkylation sites (tertiary alicyclic amines) is 1. The number of nitrogens with zero attached hydrogens (tertiary/aromatic N) is 3. The quantitative estimate of drug-likeness (QED) is 0.747. The molecule has 0 bridgehead atoms. The molecule has 1 saturated heterocycles. The molecule has 1 aliphatic rings. The molecule has 29 heavy (non-hydrogen) atoms. The Kier molecular flexibility index (Phi) is 6.32. The number of rotatable bonds is 6. The maximum Gasteiger partial charge on any atom is 0.333 e. The lowest BCUT2D eigenvalue weighted by Gasteiger charge is -2.26. The standard InChI is InChI=1S/C21H27FN4O3/c1-14(2)26-20(28)18(17(27)13-24-10-4-3-5-11-24)19(23)25(21(26)29)12-15-6-8-16(22)9-7-15/h6-9,14H,3-5,10-13,23H2,1-2H3. The molecule has 0 aliphatic carbocycles. The summed E-state index contributed by atoms with van der Waals surface area (Å²) < 4.78 is 15.5. The highest BCUT2D eigenvalue weighted by Crippen LogP contribution is 2.14. The van der Waals surface area contributed by atoms with Crippen molar-refractivity contribution in [2.75, 3.05) is 25.4 Å². The molecule has 2 N–H and O–H groups in total. The SMILES string of the molecule is CC(C)n1c(=O)c(C(=O)CN2CCCCC2)c(N)n(Cc2ccc(F)cc2)c1=O. The molecule has 1 fully saturated rings. The van der Waals surface area contributed by atoms with Crippen molar-refractivity contribution in [1.29, 1.82) is 0 Å². The minimum atomic E-state index is -0.653. The number of hydrogen-bond donors (Lipinski definition) is 1. The first kappa shape index (κ1) is 21.0. The lowest BCUT2D eigenvalue weighted by atomic mass is 10.1. The predicted octanol–water partition coefficient (Wildman–Crippen LogP) is 2.03. The Balaban J connectivity index is 2.06. The second kappa shape index (κ2) is 8.73. The van der Waals surface area contributed by atoms with Gasteiger partial charge in [-0.25, -0.2) is 9.18 Å². The molecule has 0 spiro atoms. The summed E-state index contributed by atoms with van der Waals surface area (Å²) in [5.74, 6) is -0.904. The Morgan fingerprint density at radius 1 is 1.10 bits per heavy atom. The van der Waals surface area contributed by atoms with Crippen molar-refractivity contribution in [1.82, 2.24) is 14.0 Å². The molecule has 3 rings (SSSR count). The van der Waals surface area contributed by atoms with E-state index in [1.807, 2.05) is 4.90 Å². The molecular weight excluding hydrogens is 375 g/mol. The predicted molar refractivity (Wildman–Crippen MR) is 110 cm³/mol. The first-order valence-corrected chi connectivity index (χ1v) is 9.94. The first-order valence-electron chi connectivity index (χ1n) is 9.94. The van der Waals surface area contributed by atoms with Crippen LogP contribution in [0, 0.1) is 5.82 Å². The molecule has 0 radical (unpaired) electrons. The molecule has 8 heteroatoms. The van der Waals surface area contributed by atoms with E-state index >= 15 is 0 Å². The zero-order valence-corrected chi connectivity index (χ0v) is 16.9. The van der Waals surface area contributed by atoms with E-state index in [2.05, 4.69) is 0 Å². The zero-order valence-electron chi connectivity index (χ0n) is 16.9. The summed E-state index contributed by atoms with van der Waals surface area (Å²) in [5.41, 5.74) is 5.43. The van der Waals surface area contributed by atoms with Gasteiger partial charge < -0.3 is 5.73 Å². The van der Waals surface area contributed by atoms with E-state index in [1.54, 1.807) is 26.0 Å². The van der Waals surface area contributed by atoms with Crippen LogP contribution >= 0.6 is 0 Å². The van der Waals surface area contributed by atoms with Gasteiger partial charge in [0.1, 0.15) is 17.2 Å². The number of carbonyl (C=O) groups excluding carboxylic acids is 1. The van der Waals surface area contributed by atoms with E-state index in [1.165, 1.54) is 16.7 Å². The van der Waals surface area contributed by atoms with Gasteiger partial charge in [0.05, 0.1) is 13.1 Å². The number of nitrogen functional groups attached to an aromatic ring is 1. The number of ketones is 1. The fourth-order valence-electron chi connectivity index (χ4n) is 3.73. The Morgan fingerprint density at radius 3 is 2.31 bits per heavy atom. The minimum absolute atomic E-state index is 0.0436. The highest BCUT2D eigenvalue weighted by atomic mass is 19.1. The smallest absolute Gasteiger partial charge is 0.333 e. The summed E-state index contributed by atoms with van der Waals surface area (Å²) in [5, 5.41) is 0. The molecule has 7 nitrogen and oxygen atoms in total. The maximum absolute atomic E-state index is 13.2. The van der Waals surface area contributed by atoms with Crippen LogP contribution in [0.1, 0.15) is 55.1 Å². The number of hydrogen-bond acceptors (Lipinski definition) is 5. The van der Waals surface area contributed by atoms with Crippen molar-refractivity contribution in [3.05, 3.63) is 62.0 Å². The van der Waals surface area contributed by atoms with E-state index in [0.29, 0.717) is 5.56 Å². The van der Waals surface area contributed by atoms with Gasteiger partial charge in [-0.3, -0.25) is 23.6 Å². The van der Waals surface area contributed by atoms with Gasteiger partial charge in [0.25, 0.3) is 5.56 Å². The molecule has 0 unspecified atom stereocenters. The van der Waals surface area contributed by atoms with E-state index in [9.17, 15) is 18.8 Å². The van der Waals surface area contributed by atoms with Gasteiger partial charge in [0.2, 0.25) is 0 Å². The normalized spacial score (nSPS) is 15.0. The molecule has 2 heterocycles. The molecular formula is C21H27FN4O3. The fraction of sp³-hybridized carbons (Fsp3) is 0.476. The zero-order chi connectivity index (χ0) is 21.1. The summed E-state index contributed by atoms with van der Waals surface area (Å²) in [6.45, 7) is 5.17. The third kappa shape index (κ3) is 4.48. The summed E-state index contributed by atoms with van der Waals surface area (Å²) in [7, 11) is 0. The lowest BCUT2D eigenvalue weighted by Crippen LogP contribution is -2.46. The number of aromatic nitrogens is 2. The van der Waals surface area contributed by atoms with Gasteiger partial charge in [-0.15, -0.1) is 0 Å². The summed E-state index contributed by atoms with van der Waals surface area (Å²) >= 11 is 0. The van der Waals surface area contributed by atoms with E-state index < -0.39 is 23.1 Å². The summed E-state index contributed by atoms with van der Waals surface area (Å²) in [4.78, 5) is 40.9. The first-order chi connectivity index (χ1) is 13.8. The highest BCUT2D eigenvalue weighted by Gasteiger charge is 2.25. The second-order valence-electron chi connectivity index (χ2n) is 7.78. The molecule has 1 aliphatic heterocycles. The minimum Gasteiger partial charge on any atom is -0.384 e. The number of halogens is 1. The van der Waals surface area contributed by atoms with Crippen LogP contribution in [0.4, 0.5) is 10.2 Å².